The number of benzene rings is 1. The lowest BCUT2D eigenvalue weighted by Gasteiger charge is -2.19. The van der Waals surface area contributed by atoms with E-state index in [-0.39, 0.29) is 5.41 Å². The van der Waals surface area contributed by atoms with Crippen molar-refractivity contribution in [1.29, 1.82) is 0 Å². The fraction of sp³-hybridized carbons (Fsp3) is 0.600. The molecule has 3 nitrogen and oxygen atoms in total. The second-order valence-corrected chi connectivity index (χ2v) is 5.79. The summed E-state index contributed by atoms with van der Waals surface area (Å²) < 4.78 is 0. The molecule has 0 amide bonds. The number of nitrogens with one attached hydrogen (secondary N) is 1. The Balaban J connectivity index is 2.36. The highest BCUT2D eigenvalue weighted by Gasteiger charge is 2.12. The summed E-state index contributed by atoms with van der Waals surface area (Å²) in [6.07, 6.45) is 0.537. The zero-order valence-electron chi connectivity index (χ0n) is 11.7. The van der Waals surface area contributed by atoms with Crippen LogP contribution in [0.1, 0.15) is 31.9 Å². The van der Waals surface area contributed by atoms with Gasteiger partial charge in [0.05, 0.1) is 6.10 Å². The Morgan fingerprint density at radius 3 is 2.33 bits per heavy atom. The summed E-state index contributed by atoms with van der Waals surface area (Å²) in [4.78, 5) is 0. The average Bonchev–Trinajstić information content (AvgIpc) is 2.33. The van der Waals surface area contributed by atoms with Gasteiger partial charge in [-0.2, -0.15) is 0 Å². The first-order valence-corrected chi connectivity index (χ1v) is 6.61. The molecule has 0 aromatic heterocycles. The van der Waals surface area contributed by atoms with Crippen molar-refractivity contribution in [2.24, 2.45) is 5.73 Å². The third-order valence-corrected chi connectivity index (χ3v) is 3.06. The van der Waals surface area contributed by atoms with Crippen molar-refractivity contribution in [2.45, 2.75) is 38.7 Å². The van der Waals surface area contributed by atoms with E-state index in [0.717, 1.165) is 13.0 Å². The van der Waals surface area contributed by atoms with Gasteiger partial charge in [0.1, 0.15) is 0 Å². The minimum atomic E-state index is -0.437. The van der Waals surface area contributed by atoms with Crippen molar-refractivity contribution in [2.75, 3.05) is 19.6 Å². The molecule has 0 heterocycles. The van der Waals surface area contributed by atoms with Crippen molar-refractivity contribution in [1.82, 2.24) is 5.32 Å². The molecule has 0 bridgehead atoms. The lowest BCUT2D eigenvalue weighted by Crippen LogP contribution is -2.33. The molecule has 0 aliphatic rings. The predicted octanol–water partition coefficient (Wildman–Crippen LogP) is 1.44. The second-order valence-electron chi connectivity index (χ2n) is 5.79. The van der Waals surface area contributed by atoms with Gasteiger partial charge < -0.3 is 16.2 Å². The van der Waals surface area contributed by atoms with Crippen molar-refractivity contribution in [3.05, 3.63) is 35.4 Å². The van der Waals surface area contributed by atoms with E-state index in [1.54, 1.807) is 0 Å². The van der Waals surface area contributed by atoms with E-state index in [2.05, 4.69) is 50.4 Å². The molecular formula is C15H26N2O. The van der Waals surface area contributed by atoms with E-state index < -0.39 is 6.10 Å². The molecule has 0 aliphatic carbocycles. The molecule has 102 valence electrons. The third kappa shape index (κ3) is 5.17. The summed E-state index contributed by atoms with van der Waals surface area (Å²) in [6, 6.07) is 8.76. The van der Waals surface area contributed by atoms with E-state index in [0.29, 0.717) is 13.1 Å². The monoisotopic (exact) mass is 250 g/mol. The van der Waals surface area contributed by atoms with Crippen LogP contribution in [0, 0.1) is 0 Å². The van der Waals surface area contributed by atoms with Crippen LogP contribution < -0.4 is 11.1 Å². The Hall–Kier alpha value is -0.900. The van der Waals surface area contributed by atoms with E-state index in [9.17, 15) is 5.11 Å². The maximum Gasteiger partial charge on any atom is 0.0786 e. The summed E-state index contributed by atoms with van der Waals surface area (Å²) in [7, 11) is 0. The van der Waals surface area contributed by atoms with Crippen LogP contribution in [0.5, 0.6) is 0 Å². The van der Waals surface area contributed by atoms with Gasteiger partial charge in [0, 0.05) is 13.1 Å². The van der Waals surface area contributed by atoms with Crippen LogP contribution in [0.3, 0.4) is 0 Å². The maximum atomic E-state index is 9.29. The Bertz CT molecular complexity index is 341. The molecule has 1 aromatic rings. The number of nitrogens with two attached hydrogens (primary N) is 1. The van der Waals surface area contributed by atoms with E-state index in [4.69, 9.17) is 5.73 Å². The van der Waals surface area contributed by atoms with Crippen LogP contribution in [0.25, 0.3) is 0 Å². The van der Waals surface area contributed by atoms with E-state index >= 15 is 0 Å². The molecule has 0 saturated heterocycles. The predicted molar refractivity (Wildman–Crippen MR) is 76.8 cm³/mol. The summed E-state index contributed by atoms with van der Waals surface area (Å²) in [5.74, 6) is 0. The number of hydrogen-bond donors (Lipinski definition) is 3. The molecule has 0 saturated carbocycles. The molecule has 0 spiro atoms. The molecule has 18 heavy (non-hydrogen) atoms. The van der Waals surface area contributed by atoms with Gasteiger partial charge in [0.2, 0.25) is 0 Å². The fourth-order valence-electron chi connectivity index (χ4n) is 1.76. The molecule has 3 heteroatoms. The van der Waals surface area contributed by atoms with E-state index in [1.165, 1.54) is 11.1 Å². The summed E-state index contributed by atoms with van der Waals surface area (Å²) >= 11 is 0. The highest BCUT2D eigenvalue weighted by Crippen LogP contribution is 2.22. The average molecular weight is 250 g/mol. The van der Waals surface area contributed by atoms with E-state index in [1.807, 2.05) is 0 Å². The number of rotatable bonds is 6. The highest BCUT2D eigenvalue weighted by atomic mass is 16.3. The van der Waals surface area contributed by atoms with Crippen LogP contribution in [0.4, 0.5) is 0 Å². The minimum absolute atomic E-state index is 0.210. The molecule has 1 atom stereocenters. The zero-order chi connectivity index (χ0) is 13.6. The van der Waals surface area contributed by atoms with Gasteiger partial charge >= 0.3 is 0 Å². The first-order valence-electron chi connectivity index (χ1n) is 6.61. The number of aliphatic hydroxyl groups excluding tert-OH is 1. The molecule has 1 unspecified atom stereocenters. The summed E-state index contributed by atoms with van der Waals surface area (Å²) in [5.41, 5.74) is 8.22. The molecular weight excluding hydrogens is 224 g/mol. The SMILES string of the molecule is CC(C)(C)c1ccc(CCNCC(O)CN)cc1. The third-order valence-electron chi connectivity index (χ3n) is 3.06. The largest absolute Gasteiger partial charge is 0.390 e. The van der Waals surface area contributed by atoms with Gasteiger partial charge in [-0.05, 0) is 29.5 Å². The number of hydrogen-bond acceptors (Lipinski definition) is 3. The quantitative estimate of drug-likeness (QED) is 0.670. The minimum Gasteiger partial charge on any atom is -0.390 e. The first-order chi connectivity index (χ1) is 8.43. The topological polar surface area (TPSA) is 58.3 Å². The Kier molecular flexibility index (Phi) is 5.79. The van der Waals surface area contributed by atoms with Gasteiger partial charge in [0.15, 0.2) is 0 Å². The zero-order valence-corrected chi connectivity index (χ0v) is 11.7. The fourth-order valence-corrected chi connectivity index (χ4v) is 1.76. The van der Waals surface area contributed by atoms with Gasteiger partial charge in [0.25, 0.3) is 0 Å². The Labute approximate surface area is 110 Å². The molecule has 0 aliphatic heterocycles. The van der Waals surface area contributed by atoms with Gasteiger partial charge in [-0.25, -0.2) is 0 Å². The van der Waals surface area contributed by atoms with Gasteiger partial charge in [-0.1, -0.05) is 45.0 Å². The van der Waals surface area contributed by atoms with Crippen LogP contribution in [-0.4, -0.2) is 30.8 Å². The standard InChI is InChI=1S/C15H26N2O/c1-15(2,3)13-6-4-12(5-7-13)8-9-17-11-14(18)10-16/h4-7,14,17-18H,8-11,16H2,1-3H3. The first kappa shape index (κ1) is 15.2. The highest BCUT2D eigenvalue weighted by molar-refractivity contribution is 5.27. The van der Waals surface area contributed by atoms with Crippen molar-refractivity contribution >= 4 is 0 Å². The van der Waals surface area contributed by atoms with Crippen LogP contribution in [-0.2, 0) is 11.8 Å². The number of aliphatic hydroxyl groups is 1. The molecule has 0 radical (unpaired) electrons. The van der Waals surface area contributed by atoms with Gasteiger partial charge in [-0.3, -0.25) is 0 Å². The Morgan fingerprint density at radius 1 is 1.22 bits per heavy atom. The normalized spacial score (nSPS) is 13.6. The molecule has 1 aromatic carbocycles. The van der Waals surface area contributed by atoms with Crippen LogP contribution in [0.15, 0.2) is 24.3 Å². The lowest BCUT2D eigenvalue weighted by molar-refractivity contribution is 0.180. The molecule has 1 rings (SSSR count). The summed E-state index contributed by atoms with van der Waals surface area (Å²) in [6.45, 7) is 8.41. The Morgan fingerprint density at radius 2 is 1.83 bits per heavy atom. The smallest absolute Gasteiger partial charge is 0.0786 e. The summed E-state index contributed by atoms with van der Waals surface area (Å²) in [5, 5.41) is 12.5. The second kappa shape index (κ2) is 6.88. The van der Waals surface area contributed by atoms with Gasteiger partial charge in [-0.15, -0.1) is 0 Å². The van der Waals surface area contributed by atoms with Crippen molar-refractivity contribution in [3.8, 4) is 0 Å². The molecule has 4 N–H and O–H groups in total. The lowest BCUT2D eigenvalue weighted by atomic mass is 9.86. The molecule has 0 fully saturated rings. The van der Waals surface area contributed by atoms with Crippen molar-refractivity contribution < 1.29 is 5.11 Å². The maximum absolute atomic E-state index is 9.29. The van der Waals surface area contributed by atoms with Crippen molar-refractivity contribution in [3.63, 3.8) is 0 Å². The van der Waals surface area contributed by atoms with Crippen LogP contribution >= 0.6 is 0 Å². The van der Waals surface area contributed by atoms with Crippen LogP contribution in [0.2, 0.25) is 0 Å².